The van der Waals surface area contributed by atoms with Crippen LogP contribution in [-0.2, 0) is 9.53 Å². The van der Waals surface area contributed by atoms with E-state index in [1.54, 1.807) is 0 Å². The first-order valence-corrected chi connectivity index (χ1v) is 14.3. The predicted molar refractivity (Wildman–Crippen MR) is 151 cm³/mol. The first-order chi connectivity index (χ1) is 19.1. The van der Waals surface area contributed by atoms with Crippen LogP contribution >= 0.6 is 11.8 Å². The van der Waals surface area contributed by atoms with Crippen LogP contribution in [0.4, 0.5) is 11.7 Å². The number of allylic oxidation sites excluding steroid dienone is 1. The molecule has 3 atom stereocenters. The van der Waals surface area contributed by atoms with E-state index in [-0.39, 0.29) is 22.7 Å². The Morgan fingerprint density at radius 3 is 2.62 bits per heavy atom. The van der Waals surface area contributed by atoms with Gasteiger partial charge in [-0.3, -0.25) is 9.69 Å². The number of nitrogens with one attached hydrogen (secondary N) is 2. The molecule has 10 heteroatoms. The molecule has 200 valence electrons. The van der Waals surface area contributed by atoms with Crippen molar-refractivity contribution in [3.8, 4) is 0 Å². The summed E-state index contributed by atoms with van der Waals surface area (Å²) >= 11 is 1.93. The molecular weight excluding hydrogens is 512 g/mol. The lowest BCUT2D eigenvalue weighted by Crippen LogP contribution is -2.51. The number of para-hydroxylation sites is 1. The number of hydrogen-bond acceptors (Lipinski definition) is 9. The quantitative estimate of drug-likeness (QED) is 0.470. The van der Waals surface area contributed by atoms with E-state index in [0.29, 0.717) is 23.2 Å². The van der Waals surface area contributed by atoms with Crippen LogP contribution in [0.25, 0.3) is 0 Å². The zero-order valence-corrected chi connectivity index (χ0v) is 22.5. The maximum Gasteiger partial charge on any atom is 0.317 e. The van der Waals surface area contributed by atoms with Crippen molar-refractivity contribution in [2.24, 2.45) is 10.9 Å². The van der Waals surface area contributed by atoms with Crippen LogP contribution in [-0.4, -0.2) is 64.1 Å². The summed E-state index contributed by atoms with van der Waals surface area (Å²) in [5.74, 6) is 0.829. The summed E-state index contributed by atoms with van der Waals surface area (Å²) < 4.78 is 11.8. The molecule has 4 aliphatic rings. The highest BCUT2D eigenvalue weighted by molar-refractivity contribution is 8.04. The molecule has 2 aromatic carbocycles. The largest absolute Gasteiger partial charge is 0.407 e. The van der Waals surface area contributed by atoms with Gasteiger partial charge in [-0.05, 0) is 36.7 Å². The van der Waals surface area contributed by atoms with Crippen molar-refractivity contribution in [2.45, 2.75) is 36.7 Å². The molecule has 4 heterocycles. The monoisotopic (exact) mass is 542 g/mol. The minimum Gasteiger partial charge on any atom is -0.407 e. The third-order valence-electron chi connectivity index (χ3n) is 7.81. The first kappa shape index (κ1) is 24.6. The second-order valence-corrected chi connectivity index (χ2v) is 12.0. The lowest BCUT2D eigenvalue weighted by molar-refractivity contribution is -0.116. The van der Waals surface area contributed by atoms with E-state index in [2.05, 4.69) is 38.7 Å². The fraction of sp³-hybridized carbons (Fsp3) is 0.379. The maximum atomic E-state index is 13.3. The number of aromatic nitrogens is 2. The number of morpholine rings is 1. The standard InChI is InChI=1S/C29H30N6O3S/c1-29(35-13-15-37-16-14-35)21(17-23(39-29)18-11-12-18)27-33-34-28(38-27)32-25-26(36)30-22-10-6-5-9-20(22)24(31-25)19-7-3-2-4-8-19/h2-10,17-18,21,25H,11-16H2,1H3,(H,30,36)(H,32,34)/t21?,25-,29?/m1/s1. The summed E-state index contributed by atoms with van der Waals surface area (Å²) in [5, 5.41) is 14.9. The van der Waals surface area contributed by atoms with E-state index in [9.17, 15) is 4.79 Å². The molecule has 2 N–H and O–H groups in total. The number of nitrogens with zero attached hydrogens (tertiary/aromatic N) is 4. The van der Waals surface area contributed by atoms with Gasteiger partial charge < -0.3 is 19.8 Å². The SMILES string of the molecule is CC1(N2CCOCC2)SC(C2CC2)=CC1c1nnc(N[C@H]2N=C(c3ccccc3)c3ccccc3NC2=O)o1. The van der Waals surface area contributed by atoms with Crippen LogP contribution in [0, 0.1) is 5.92 Å². The molecule has 0 radical (unpaired) electrons. The summed E-state index contributed by atoms with van der Waals surface area (Å²) in [7, 11) is 0. The highest BCUT2D eigenvalue weighted by Crippen LogP contribution is 2.58. The Bertz CT molecular complexity index is 1450. The molecule has 9 nitrogen and oxygen atoms in total. The van der Waals surface area contributed by atoms with Gasteiger partial charge in [0.15, 0.2) is 0 Å². The minimum absolute atomic E-state index is 0.0603. The summed E-state index contributed by atoms with van der Waals surface area (Å²) in [4.78, 5) is 21.8. The van der Waals surface area contributed by atoms with Gasteiger partial charge in [0.25, 0.3) is 5.91 Å². The number of carbonyl (C=O) groups is 1. The molecule has 1 saturated heterocycles. The van der Waals surface area contributed by atoms with Crippen molar-refractivity contribution in [2.75, 3.05) is 36.9 Å². The number of amides is 1. The van der Waals surface area contributed by atoms with Crippen molar-refractivity contribution in [3.05, 3.63) is 82.6 Å². The normalized spacial score (nSPS) is 27.3. The van der Waals surface area contributed by atoms with E-state index in [1.165, 1.54) is 17.7 Å². The Hall–Kier alpha value is -3.47. The molecule has 3 aromatic rings. The lowest BCUT2D eigenvalue weighted by Gasteiger charge is -2.42. The van der Waals surface area contributed by atoms with Gasteiger partial charge in [-0.25, -0.2) is 4.99 Å². The summed E-state index contributed by atoms with van der Waals surface area (Å²) in [6.45, 7) is 5.44. The number of hydrogen-bond donors (Lipinski definition) is 2. The van der Waals surface area contributed by atoms with Gasteiger partial charge in [0.1, 0.15) is 0 Å². The van der Waals surface area contributed by atoms with Crippen LogP contribution in [0.1, 0.15) is 42.7 Å². The van der Waals surface area contributed by atoms with Gasteiger partial charge in [0.2, 0.25) is 12.1 Å². The third-order valence-corrected chi connectivity index (χ3v) is 9.44. The third kappa shape index (κ3) is 4.66. The van der Waals surface area contributed by atoms with E-state index in [1.807, 2.05) is 66.4 Å². The number of thioether (sulfide) groups is 1. The van der Waals surface area contributed by atoms with Crippen LogP contribution in [0.2, 0.25) is 0 Å². The summed E-state index contributed by atoms with van der Waals surface area (Å²) in [6, 6.07) is 17.7. The van der Waals surface area contributed by atoms with Gasteiger partial charge in [0.05, 0.1) is 35.4 Å². The molecule has 0 spiro atoms. The second-order valence-electron chi connectivity index (χ2n) is 10.4. The van der Waals surface area contributed by atoms with Gasteiger partial charge in [-0.15, -0.1) is 16.9 Å². The van der Waals surface area contributed by atoms with Crippen molar-refractivity contribution in [1.82, 2.24) is 15.1 Å². The lowest BCUT2D eigenvalue weighted by atomic mass is 9.97. The van der Waals surface area contributed by atoms with E-state index in [4.69, 9.17) is 14.1 Å². The fourth-order valence-corrected chi connectivity index (χ4v) is 7.22. The fourth-order valence-electron chi connectivity index (χ4n) is 5.53. The Morgan fingerprint density at radius 2 is 1.82 bits per heavy atom. The second kappa shape index (κ2) is 9.93. The number of fused-ring (bicyclic) bond motifs is 1. The van der Waals surface area contributed by atoms with Crippen LogP contribution in [0.15, 0.2) is 75.0 Å². The summed E-state index contributed by atoms with van der Waals surface area (Å²) in [5.41, 5.74) is 3.20. The van der Waals surface area contributed by atoms with Gasteiger partial charge in [0, 0.05) is 24.2 Å². The topological polar surface area (TPSA) is 105 Å². The molecule has 2 fully saturated rings. The van der Waals surface area contributed by atoms with Crippen LogP contribution in [0.3, 0.4) is 0 Å². The maximum absolute atomic E-state index is 13.3. The Kier molecular flexibility index (Phi) is 6.25. The minimum atomic E-state index is -0.943. The number of benzodiazepines with no additional fused rings is 1. The van der Waals surface area contributed by atoms with E-state index >= 15 is 0 Å². The average molecular weight is 543 g/mol. The molecule has 1 aliphatic carbocycles. The number of ether oxygens (including phenoxy) is 1. The highest BCUT2D eigenvalue weighted by Gasteiger charge is 2.50. The number of rotatable bonds is 6. The van der Waals surface area contributed by atoms with E-state index in [0.717, 1.165) is 37.4 Å². The number of carbonyl (C=O) groups excluding carboxylic acids is 1. The summed E-state index contributed by atoms with van der Waals surface area (Å²) in [6.07, 6.45) is 3.85. The van der Waals surface area contributed by atoms with Crippen molar-refractivity contribution in [1.29, 1.82) is 0 Å². The van der Waals surface area contributed by atoms with E-state index < -0.39 is 6.17 Å². The number of benzene rings is 2. The molecule has 1 amide bonds. The molecule has 3 aliphatic heterocycles. The molecule has 1 saturated carbocycles. The van der Waals surface area contributed by atoms with Gasteiger partial charge in [-0.2, -0.15) is 0 Å². The number of anilines is 2. The highest BCUT2D eigenvalue weighted by atomic mass is 32.2. The average Bonchev–Trinajstić information content (AvgIpc) is 3.65. The molecule has 1 aromatic heterocycles. The zero-order valence-electron chi connectivity index (χ0n) is 21.7. The van der Waals surface area contributed by atoms with Crippen LogP contribution < -0.4 is 10.6 Å². The Balaban J connectivity index is 1.19. The van der Waals surface area contributed by atoms with Gasteiger partial charge in [-0.1, -0.05) is 59.7 Å². The number of aliphatic imine (C=N–C) groups is 1. The van der Waals surface area contributed by atoms with Gasteiger partial charge >= 0.3 is 6.01 Å². The smallest absolute Gasteiger partial charge is 0.317 e. The first-order valence-electron chi connectivity index (χ1n) is 13.5. The predicted octanol–water partition coefficient (Wildman–Crippen LogP) is 4.47. The molecule has 7 rings (SSSR count). The molecule has 2 unspecified atom stereocenters. The van der Waals surface area contributed by atoms with Crippen molar-refractivity contribution < 1.29 is 13.9 Å². The Labute approximate surface area is 231 Å². The zero-order chi connectivity index (χ0) is 26.4. The van der Waals surface area contributed by atoms with Crippen molar-refractivity contribution in [3.63, 3.8) is 0 Å². The Morgan fingerprint density at radius 1 is 1.05 bits per heavy atom. The van der Waals surface area contributed by atoms with Crippen LogP contribution in [0.5, 0.6) is 0 Å². The molecular formula is C29H30N6O3S. The molecule has 39 heavy (non-hydrogen) atoms. The molecule has 0 bridgehead atoms. The van der Waals surface area contributed by atoms with Crippen molar-refractivity contribution >= 4 is 35.1 Å².